The molecule has 0 atom stereocenters. The average Bonchev–Trinajstić information content (AvgIpc) is 2.98. The van der Waals surface area contributed by atoms with E-state index in [9.17, 15) is 9.59 Å². The number of amides is 2. The topological polar surface area (TPSA) is 97.6 Å². The van der Waals surface area contributed by atoms with Crippen molar-refractivity contribution in [3.63, 3.8) is 0 Å². The lowest BCUT2D eigenvalue weighted by Crippen LogP contribution is -2.34. The number of aromatic nitrogens is 2. The van der Waals surface area contributed by atoms with Gasteiger partial charge in [0.15, 0.2) is 5.82 Å². The SMILES string of the molecule is CCOC(=O)c1ccc(NC(=O)N(CC)Cc2nc(C)no2)cc1. The number of ether oxygens (including phenoxy) is 1. The zero-order valence-electron chi connectivity index (χ0n) is 13.9. The smallest absolute Gasteiger partial charge is 0.338 e. The van der Waals surface area contributed by atoms with Crippen LogP contribution in [0.2, 0.25) is 0 Å². The van der Waals surface area contributed by atoms with Crippen molar-refractivity contribution in [2.45, 2.75) is 27.3 Å². The lowest BCUT2D eigenvalue weighted by atomic mass is 10.2. The van der Waals surface area contributed by atoms with Crippen LogP contribution in [-0.4, -0.2) is 40.2 Å². The normalized spacial score (nSPS) is 10.3. The van der Waals surface area contributed by atoms with Gasteiger partial charge in [-0.05, 0) is 45.0 Å². The molecule has 1 heterocycles. The molecular formula is C16H20N4O4. The molecule has 0 aliphatic rings. The molecule has 0 bridgehead atoms. The first-order valence-corrected chi connectivity index (χ1v) is 7.65. The Morgan fingerprint density at radius 3 is 2.50 bits per heavy atom. The Morgan fingerprint density at radius 2 is 1.96 bits per heavy atom. The number of rotatable bonds is 6. The number of urea groups is 1. The molecule has 0 aliphatic heterocycles. The lowest BCUT2D eigenvalue weighted by molar-refractivity contribution is 0.0526. The minimum Gasteiger partial charge on any atom is -0.462 e. The Hall–Kier alpha value is -2.90. The highest BCUT2D eigenvalue weighted by atomic mass is 16.5. The van der Waals surface area contributed by atoms with Crippen molar-refractivity contribution in [3.8, 4) is 0 Å². The number of carbonyl (C=O) groups excluding carboxylic acids is 2. The summed E-state index contributed by atoms with van der Waals surface area (Å²) in [5.41, 5.74) is 1.01. The number of benzene rings is 1. The average molecular weight is 332 g/mol. The fourth-order valence-electron chi connectivity index (χ4n) is 2.00. The van der Waals surface area contributed by atoms with Crippen LogP contribution in [0.3, 0.4) is 0 Å². The van der Waals surface area contributed by atoms with Gasteiger partial charge in [0.25, 0.3) is 0 Å². The molecule has 1 N–H and O–H groups in total. The molecule has 0 spiro atoms. The summed E-state index contributed by atoms with van der Waals surface area (Å²) in [6.07, 6.45) is 0. The molecule has 0 unspecified atom stereocenters. The van der Waals surface area contributed by atoms with E-state index >= 15 is 0 Å². The predicted molar refractivity (Wildman–Crippen MR) is 86.5 cm³/mol. The van der Waals surface area contributed by atoms with E-state index in [4.69, 9.17) is 9.26 Å². The van der Waals surface area contributed by atoms with Gasteiger partial charge in [-0.25, -0.2) is 9.59 Å². The Labute approximate surface area is 139 Å². The van der Waals surface area contributed by atoms with Gasteiger partial charge in [-0.1, -0.05) is 5.16 Å². The van der Waals surface area contributed by atoms with Crippen LogP contribution in [0.25, 0.3) is 0 Å². The Kier molecular flexibility index (Phi) is 5.89. The molecule has 0 radical (unpaired) electrons. The third-order valence-corrected chi connectivity index (χ3v) is 3.21. The van der Waals surface area contributed by atoms with Gasteiger partial charge in [0.2, 0.25) is 5.89 Å². The van der Waals surface area contributed by atoms with Crippen LogP contribution in [0, 0.1) is 6.92 Å². The van der Waals surface area contributed by atoms with Crippen LogP contribution in [0.4, 0.5) is 10.5 Å². The minimum absolute atomic E-state index is 0.226. The molecule has 0 saturated carbocycles. The summed E-state index contributed by atoms with van der Waals surface area (Å²) in [6.45, 7) is 6.34. The van der Waals surface area contributed by atoms with Crippen molar-refractivity contribution >= 4 is 17.7 Å². The van der Waals surface area contributed by atoms with Crippen molar-refractivity contribution in [2.24, 2.45) is 0 Å². The van der Waals surface area contributed by atoms with Crippen LogP contribution >= 0.6 is 0 Å². The summed E-state index contributed by atoms with van der Waals surface area (Å²) in [4.78, 5) is 29.5. The number of hydrogen-bond acceptors (Lipinski definition) is 6. The number of nitrogens with one attached hydrogen (secondary N) is 1. The first-order chi connectivity index (χ1) is 11.5. The van der Waals surface area contributed by atoms with Crippen molar-refractivity contribution in [2.75, 3.05) is 18.5 Å². The molecule has 2 rings (SSSR count). The summed E-state index contributed by atoms with van der Waals surface area (Å²) in [5, 5.41) is 6.46. The van der Waals surface area contributed by atoms with Gasteiger partial charge < -0.3 is 19.5 Å². The summed E-state index contributed by atoms with van der Waals surface area (Å²) < 4.78 is 9.94. The fraction of sp³-hybridized carbons (Fsp3) is 0.375. The van der Waals surface area contributed by atoms with Gasteiger partial charge in [-0.15, -0.1) is 0 Å². The van der Waals surface area contributed by atoms with E-state index in [2.05, 4.69) is 15.5 Å². The third kappa shape index (κ3) is 4.55. The van der Waals surface area contributed by atoms with Gasteiger partial charge in [0.1, 0.15) is 6.54 Å². The van der Waals surface area contributed by atoms with E-state index < -0.39 is 5.97 Å². The second-order valence-electron chi connectivity index (χ2n) is 4.98. The van der Waals surface area contributed by atoms with E-state index in [1.165, 1.54) is 4.90 Å². The highest BCUT2D eigenvalue weighted by Gasteiger charge is 2.16. The molecular weight excluding hydrogens is 312 g/mol. The summed E-state index contributed by atoms with van der Waals surface area (Å²) in [7, 11) is 0. The number of nitrogens with zero attached hydrogens (tertiary/aromatic N) is 3. The van der Waals surface area contributed by atoms with Crippen molar-refractivity contribution in [1.29, 1.82) is 0 Å². The van der Waals surface area contributed by atoms with Crippen LogP contribution in [-0.2, 0) is 11.3 Å². The maximum atomic E-state index is 12.3. The molecule has 8 nitrogen and oxygen atoms in total. The highest BCUT2D eigenvalue weighted by Crippen LogP contribution is 2.12. The fourth-order valence-corrected chi connectivity index (χ4v) is 2.00. The molecule has 128 valence electrons. The maximum Gasteiger partial charge on any atom is 0.338 e. The molecule has 1 aromatic carbocycles. The van der Waals surface area contributed by atoms with Crippen LogP contribution in [0.1, 0.15) is 35.9 Å². The number of aryl methyl sites for hydroxylation is 1. The number of esters is 1. The Morgan fingerprint density at radius 1 is 1.25 bits per heavy atom. The second kappa shape index (κ2) is 8.09. The first-order valence-electron chi connectivity index (χ1n) is 7.65. The summed E-state index contributed by atoms with van der Waals surface area (Å²) in [6, 6.07) is 6.21. The lowest BCUT2D eigenvalue weighted by Gasteiger charge is -2.19. The predicted octanol–water partition coefficient (Wildman–Crippen LogP) is 2.61. The third-order valence-electron chi connectivity index (χ3n) is 3.21. The molecule has 8 heteroatoms. The Balaban J connectivity index is 1.98. The van der Waals surface area contributed by atoms with Gasteiger partial charge >= 0.3 is 12.0 Å². The summed E-state index contributed by atoms with van der Waals surface area (Å²) in [5.74, 6) is 0.510. The van der Waals surface area contributed by atoms with E-state index in [1.807, 2.05) is 6.92 Å². The maximum absolute atomic E-state index is 12.3. The molecule has 0 aliphatic carbocycles. The second-order valence-corrected chi connectivity index (χ2v) is 4.98. The number of anilines is 1. The van der Waals surface area contributed by atoms with Crippen LogP contribution in [0.15, 0.2) is 28.8 Å². The van der Waals surface area contributed by atoms with E-state index in [-0.39, 0.29) is 12.6 Å². The highest BCUT2D eigenvalue weighted by molar-refractivity contribution is 5.92. The van der Waals surface area contributed by atoms with Gasteiger partial charge in [0, 0.05) is 12.2 Å². The molecule has 1 aromatic heterocycles. The van der Waals surface area contributed by atoms with Crippen molar-refractivity contribution < 1.29 is 18.8 Å². The molecule has 24 heavy (non-hydrogen) atoms. The molecule has 2 amide bonds. The zero-order valence-corrected chi connectivity index (χ0v) is 13.9. The van der Waals surface area contributed by atoms with Gasteiger partial charge in [0.05, 0.1) is 12.2 Å². The first kappa shape index (κ1) is 17.5. The van der Waals surface area contributed by atoms with E-state index in [0.29, 0.717) is 36.1 Å². The van der Waals surface area contributed by atoms with Crippen molar-refractivity contribution in [1.82, 2.24) is 15.0 Å². The number of carbonyl (C=O) groups is 2. The molecule has 2 aromatic rings. The van der Waals surface area contributed by atoms with E-state index in [0.717, 1.165) is 0 Å². The van der Waals surface area contributed by atoms with Gasteiger partial charge in [-0.3, -0.25) is 0 Å². The largest absolute Gasteiger partial charge is 0.462 e. The van der Waals surface area contributed by atoms with E-state index in [1.54, 1.807) is 38.1 Å². The summed E-state index contributed by atoms with van der Waals surface area (Å²) >= 11 is 0. The van der Waals surface area contributed by atoms with Crippen LogP contribution in [0.5, 0.6) is 0 Å². The molecule has 0 fully saturated rings. The zero-order chi connectivity index (χ0) is 17.5. The number of hydrogen-bond donors (Lipinski definition) is 1. The van der Waals surface area contributed by atoms with Gasteiger partial charge in [-0.2, -0.15) is 4.98 Å². The Bertz CT molecular complexity index is 696. The minimum atomic E-state index is -0.391. The molecule has 0 saturated heterocycles. The van der Waals surface area contributed by atoms with Crippen LogP contribution < -0.4 is 5.32 Å². The quantitative estimate of drug-likeness (QED) is 0.817. The standard InChI is InChI=1S/C16H20N4O4/c1-4-20(10-14-17-11(3)19-24-14)16(22)18-13-8-6-12(7-9-13)15(21)23-5-2/h6-9H,4-5,10H2,1-3H3,(H,18,22). The monoisotopic (exact) mass is 332 g/mol. The van der Waals surface area contributed by atoms with Crippen molar-refractivity contribution in [3.05, 3.63) is 41.5 Å².